The zero-order chi connectivity index (χ0) is 16.9. The maximum absolute atomic E-state index is 12.4. The van der Waals surface area contributed by atoms with Crippen LogP contribution in [0.25, 0.3) is 0 Å². The molecule has 0 atom stereocenters. The van der Waals surface area contributed by atoms with Crippen molar-refractivity contribution in [2.24, 2.45) is 0 Å². The summed E-state index contributed by atoms with van der Waals surface area (Å²) in [6.45, 7) is 6.35. The molecule has 126 valence electrons. The van der Waals surface area contributed by atoms with E-state index in [2.05, 4.69) is 57.3 Å². The SMILES string of the molecule is Cc1ccc(CN2CCN(C(=O)Nc3ccccc3Br)CC2)cc1. The minimum atomic E-state index is -0.0307. The van der Waals surface area contributed by atoms with E-state index >= 15 is 0 Å². The fourth-order valence-electron chi connectivity index (χ4n) is 2.82. The van der Waals surface area contributed by atoms with Crippen molar-refractivity contribution >= 4 is 27.6 Å². The Hall–Kier alpha value is -1.85. The highest BCUT2D eigenvalue weighted by molar-refractivity contribution is 9.10. The predicted octanol–water partition coefficient (Wildman–Crippen LogP) is 4.11. The first-order valence-electron chi connectivity index (χ1n) is 8.20. The summed E-state index contributed by atoms with van der Waals surface area (Å²) >= 11 is 3.46. The van der Waals surface area contributed by atoms with E-state index in [-0.39, 0.29) is 6.03 Å². The first-order valence-corrected chi connectivity index (χ1v) is 8.99. The quantitative estimate of drug-likeness (QED) is 0.859. The fourth-order valence-corrected chi connectivity index (χ4v) is 3.20. The largest absolute Gasteiger partial charge is 0.322 e. The lowest BCUT2D eigenvalue weighted by atomic mass is 10.1. The molecule has 4 nitrogen and oxygen atoms in total. The van der Waals surface area contributed by atoms with Crippen LogP contribution in [0, 0.1) is 6.92 Å². The molecule has 0 spiro atoms. The summed E-state index contributed by atoms with van der Waals surface area (Å²) in [4.78, 5) is 16.7. The van der Waals surface area contributed by atoms with E-state index < -0.39 is 0 Å². The number of aryl methyl sites for hydroxylation is 1. The van der Waals surface area contributed by atoms with Gasteiger partial charge in [0.15, 0.2) is 0 Å². The first-order chi connectivity index (χ1) is 11.6. The van der Waals surface area contributed by atoms with Gasteiger partial charge in [-0.05, 0) is 40.5 Å². The standard InChI is InChI=1S/C19H22BrN3O/c1-15-6-8-16(9-7-15)14-22-10-12-23(13-11-22)19(24)21-18-5-3-2-4-17(18)20/h2-9H,10-14H2,1H3,(H,21,24). The highest BCUT2D eigenvalue weighted by Gasteiger charge is 2.21. The van der Waals surface area contributed by atoms with Gasteiger partial charge in [-0.15, -0.1) is 0 Å². The number of carbonyl (C=O) groups is 1. The topological polar surface area (TPSA) is 35.6 Å². The van der Waals surface area contributed by atoms with Gasteiger partial charge >= 0.3 is 6.03 Å². The van der Waals surface area contributed by atoms with Gasteiger partial charge in [0.05, 0.1) is 5.69 Å². The van der Waals surface area contributed by atoms with Crippen LogP contribution in [0.5, 0.6) is 0 Å². The minimum absolute atomic E-state index is 0.0307. The van der Waals surface area contributed by atoms with Crippen LogP contribution >= 0.6 is 15.9 Å². The van der Waals surface area contributed by atoms with E-state index in [0.29, 0.717) is 0 Å². The van der Waals surface area contributed by atoms with Gasteiger partial charge < -0.3 is 10.2 Å². The smallest absolute Gasteiger partial charge is 0.321 e. The number of nitrogens with zero attached hydrogens (tertiary/aromatic N) is 2. The van der Waals surface area contributed by atoms with Crippen LogP contribution in [-0.2, 0) is 6.54 Å². The second-order valence-corrected chi connectivity index (χ2v) is 7.01. The number of amides is 2. The number of hydrogen-bond donors (Lipinski definition) is 1. The third-order valence-electron chi connectivity index (χ3n) is 4.30. The van der Waals surface area contributed by atoms with Crippen molar-refractivity contribution in [3.63, 3.8) is 0 Å². The van der Waals surface area contributed by atoms with E-state index in [1.54, 1.807) is 0 Å². The second-order valence-electron chi connectivity index (χ2n) is 6.16. The Balaban J connectivity index is 1.50. The van der Waals surface area contributed by atoms with Gasteiger partial charge in [0.2, 0.25) is 0 Å². The van der Waals surface area contributed by atoms with Crippen molar-refractivity contribution in [2.45, 2.75) is 13.5 Å². The maximum atomic E-state index is 12.4. The van der Waals surface area contributed by atoms with Crippen LogP contribution in [0.3, 0.4) is 0 Å². The molecule has 0 aromatic heterocycles. The molecule has 5 heteroatoms. The molecule has 1 aliphatic heterocycles. The molecule has 2 amide bonds. The van der Waals surface area contributed by atoms with Crippen LogP contribution in [0.1, 0.15) is 11.1 Å². The molecule has 0 saturated carbocycles. The molecule has 1 fully saturated rings. The number of anilines is 1. The lowest BCUT2D eigenvalue weighted by Gasteiger charge is -2.34. The van der Waals surface area contributed by atoms with Gasteiger partial charge in [0.1, 0.15) is 0 Å². The van der Waals surface area contributed by atoms with Crippen LogP contribution in [0.4, 0.5) is 10.5 Å². The van der Waals surface area contributed by atoms with Crippen molar-refractivity contribution in [2.75, 3.05) is 31.5 Å². The normalized spacial score (nSPS) is 15.3. The third-order valence-corrected chi connectivity index (χ3v) is 4.99. The zero-order valence-electron chi connectivity index (χ0n) is 13.8. The van der Waals surface area contributed by atoms with Crippen molar-refractivity contribution in [1.82, 2.24) is 9.80 Å². The number of hydrogen-bond acceptors (Lipinski definition) is 2. The maximum Gasteiger partial charge on any atom is 0.321 e. The number of halogens is 1. The number of nitrogens with one attached hydrogen (secondary N) is 1. The molecule has 2 aromatic carbocycles. The molecule has 0 bridgehead atoms. The molecule has 0 aliphatic carbocycles. The molecule has 0 radical (unpaired) electrons. The number of piperazine rings is 1. The van der Waals surface area contributed by atoms with Crippen LogP contribution in [0.2, 0.25) is 0 Å². The summed E-state index contributed by atoms with van der Waals surface area (Å²) in [6.07, 6.45) is 0. The Kier molecular flexibility index (Phi) is 5.53. The molecular weight excluding hydrogens is 366 g/mol. The molecule has 1 heterocycles. The third kappa shape index (κ3) is 4.36. The van der Waals surface area contributed by atoms with E-state index in [4.69, 9.17) is 0 Å². The van der Waals surface area contributed by atoms with E-state index in [1.807, 2.05) is 29.2 Å². The fraction of sp³-hybridized carbons (Fsp3) is 0.316. The van der Waals surface area contributed by atoms with E-state index in [1.165, 1.54) is 11.1 Å². The Morgan fingerprint density at radius 2 is 1.71 bits per heavy atom. The summed E-state index contributed by atoms with van der Waals surface area (Å²) in [7, 11) is 0. The summed E-state index contributed by atoms with van der Waals surface area (Å²) in [5.41, 5.74) is 3.42. The zero-order valence-corrected chi connectivity index (χ0v) is 15.4. The van der Waals surface area contributed by atoms with Gasteiger partial charge in [-0.2, -0.15) is 0 Å². The summed E-state index contributed by atoms with van der Waals surface area (Å²) in [5.74, 6) is 0. The number of urea groups is 1. The van der Waals surface area contributed by atoms with E-state index in [0.717, 1.165) is 42.9 Å². The van der Waals surface area contributed by atoms with Gasteiger partial charge in [-0.1, -0.05) is 42.0 Å². The summed E-state index contributed by atoms with van der Waals surface area (Å²) < 4.78 is 0.899. The summed E-state index contributed by atoms with van der Waals surface area (Å²) in [6, 6.07) is 16.3. The molecule has 2 aromatic rings. The Morgan fingerprint density at radius 1 is 1.04 bits per heavy atom. The van der Waals surface area contributed by atoms with Gasteiger partial charge in [-0.25, -0.2) is 4.79 Å². The average molecular weight is 388 g/mol. The minimum Gasteiger partial charge on any atom is -0.322 e. The molecule has 3 rings (SSSR count). The molecular formula is C19H22BrN3O. The lowest BCUT2D eigenvalue weighted by Crippen LogP contribution is -2.49. The Labute approximate surface area is 151 Å². The lowest BCUT2D eigenvalue weighted by molar-refractivity contribution is 0.143. The van der Waals surface area contributed by atoms with Crippen LogP contribution in [-0.4, -0.2) is 42.0 Å². The van der Waals surface area contributed by atoms with Crippen LogP contribution < -0.4 is 5.32 Å². The molecule has 0 unspecified atom stereocenters. The van der Waals surface area contributed by atoms with Gasteiger partial charge in [-0.3, -0.25) is 4.90 Å². The number of rotatable bonds is 3. The van der Waals surface area contributed by atoms with Crippen molar-refractivity contribution in [3.8, 4) is 0 Å². The average Bonchev–Trinajstić information content (AvgIpc) is 2.59. The molecule has 24 heavy (non-hydrogen) atoms. The number of para-hydroxylation sites is 1. The number of carbonyl (C=O) groups excluding carboxylic acids is 1. The monoisotopic (exact) mass is 387 g/mol. The Morgan fingerprint density at radius 3 is 2.38 bits per heavy atom. The Bertz CT molecular complexity index is 694. The number of benzene rings is 2. The van der Waals surface area contributed by atoms with E-state index in [9.17, 15) is 4.79 Å². The van der Waals surface area contributed by atoms with Crippen LogP contribution in [0.15, 0.2) is 53.0 Å². The van der Waals surface area contributed by atoms with Crippen molar-refractivity contribution in [3.05, 3.63) is 64.1 Å². The van der Waals surface area contributed by atoms with Crippen molar-refractivity contribution in [1.29, 1.82) is 0 Å². The van der Waals surface area contributed by atoms with Gasteiger partial charge in [0, 0.05) is 37.2 Å². The molecule has 1 N–H and O–H groups in total. The highest BCUT2D eigenvalue weighted by Crippen LogP contribution is 2.21. The first kappa shape index (κ1) is 17.0. The summed E-state index contributed by atoms with van der Waals surface area (Å²) in [5, 5.41) is 2.97. The second kappa shape index (κ2) is 7.81. The predicted molar refractivity (Wildman–Crippen MR) is 101 cm³/mol. The molecule has 1 aliphatic rings. The highest BCUT2D eigenvalue weighted by atomic mass is 79.9. The van der Waals surface area contributed by atoms with Crippen molar-refractivity contribution < 1.29 is 4.79 Å². The van der Waals surface area contributed by atoms with Gasteiger partial charge in [0.25, 0.3) is 0 Å². The molecule has 1 saturated heterocycles.